The van der Waals surface area contributed by atoms with Crippen molar-refractivity contribution >= 4 is 5.69 Å². The smallest absolute Gasteiger partial charge is 0.158 e. The van der Waals surface area contributed by atoms with Crippen LogP contribution >= 0.6 is 0 Å². The molecule has 0 spiro atoms. The summed E-state index contributed by atoms with van der Waals surface area (Å²) in [5.74, 6) is -0.235. The number of ether oxygens (including phenoxy) is 1. The Kier molecular flexibility index (Phi) is 3.60. The van der Waals surface area contributed by atoms with Gasteiger partial charge in [-0.05, 0) is 36.4 Å². The lowest BCUT2D eigenvalue weighted by Crippen LogP contribution is -2.22. The molecule has 0 aliphatic carbocycles. The molecule has 0 radical (unpaired) electrons. The maximum Gasteiger partial charge on any atom is 0.158 e. The summed E-state index contributed by atoms with van der Waals surface area (Å²) in [6.45, 7) is 1.56. The van der Waals surface area contributed by atoms with Gasteiger partial charge in [0.25, 0.3) is 0 Å². The fourth-order valence-corrected chi connectivity index (χ4v) is 2.99. The molecule has 0 saturated carbocycles. The predicted octanol–water partition coefficient (Wildman–Crippen LogP) is 4.15. The van der Waals surface area contributed by atoms with E-state index in [2.05, 4.69) is 17.0 Å². The highest BCUT2D eigenvalue weighted by molar-refractivity contribution is 5.49. The fraction of sp³-hybridized carbons (Fsp3) is 0.158. The minimum Gasteiger partial charge on any atom is -0.352 e. The van der Waals surface area contributed by atoms with Gasteiger partial charge in [-0.15, -0.1) is 0 Å². The zero-order valence-electron chi connectivity index (χ0n) is 12.6. The van der Waals surface area contributed by atoms with Crippen molar-refractivity contribution in [3.05, 3.63) is 84.4 Å². The first kappa shape index (κ1) is 14.0. The largest absolute Gasteiger partial charge is 0.352 e. The summed E-state index contributed by atoms with van der Waals surface area (Å²) in [7, 11) is 0. The Hall–Kier alpha value is -2.59. The van der Waals surface area contributed by atoms with Crippen LogP contribution in [0.1, 0.15) is 11.8 Å². The first-order chi connectivity index (χ1) is 11.3. The summed E-state index contributed by atoms with van der Waals surface area (Å²) in [4.78, 5) is 2.24. The van der Waals surface area contributed by atoms with Crippen LogP contribution in [0.15, 0.2) is 73.1 Å². The molecule has 1 saturated heterocycles. The van der Waals surface area contributed by atoms with Gasteiger partial charge in [0, 0.05) is 35.9 Å². The van der Waals surface area contributed by atoms with Gasteiger partial charge >= 0.3 is 0 Å². The summed E-state index contributed by atoms with van der Waals surface area (Å²) in [6, 6.07) is 18.8. The molecule has 0 N–H and O–H groups in total. The van der Waals surface area contributed by atoms with Crippen molar-refractivity contribution < 1.29 is 9.13 Å². The molecule has 116 valence electrons. The second kappa shape index (κ2) is 5.89. The van der Waals surface area contributed by atoms with E-state index in [1.165, 1.54) is 12.1 Å². The van der Waals surface area contributed by atoms with Gasteiger partial charge in [0.1, 0.15) is 5.82 Å². The molecule has 4 heteroatoms. The standard InChI is InChI=1S/C19H17FN2O/c20-16-5-4-8-18(13-16)21-10-9-15(14-21)19-22(11-12-23-19)17-6-2-1-3-7-17/h1-10,13-14,19H,11-12H2. The number of anilines is 1. The van der Waals surface area contributed by atoms with Crippen LogP contribution in [0.2, 0.25) is 0 Å². The van der Waals surface area contributed by atoms with E-state index in [1.807, 2.05) is 47.3 Å². The lowest BCUT2D eigenvalue weighted by Gasteiger charge is -2.24. The lowest BCUT2D eigenvalue weighted by molar-refractivity contribution is 0.114. The van der Waals surface area contributed by atoms with Crippen molar-refractivity contribution in [2.24, 2.45) is 0 Å². The number of nitrogens with zero attached hydrogens (tertiary/aromatic N) is 2. The monoisotopic (exact) mass is 308 g/mol. The molecule has 1 atom stereocenters. The Labute approximate surface area is 134 Å². The molecule has 1 aromatic heterocycles. The zero-order valence-corrected chi connectivity index (χ0v) is 12.6. The third-order valence-corrected chi connectivity index (χ3v) is 4.09. The number of rotatable bonds is 3. The summed E-state index contributed by atoms with van der Waals surface area (Å²) < 4.78 is 21.2. The highest BCUT2D eigenvalue weighted by Crippen LogP contribution is 2.32. The summed E-state index contributed by atoms with van der Waals surface area (Å²) in [5, 5.41) is 0. The van der Waals surface area contributed by atoms with Gasteiger partial charge in [-0.3, -0.25) is 0 Å². The van der Waals surface area contributed by atoms with Crippen molar-refractivity contribution in [2.75, 3.05) is 18.1 Å². The van der Waals surface area contributed by atoms with Crippen LogP contribution in [-0.4, -0.2) is 17.7 Å². The second-order valence-corrected chi connectivity index (χ2v) is 5.58. The van der Waals surface area contributed by atoms with Crippen LogP contribution in [0.3, 0.4) is 0 Å². The van der Waals surface area contributed by atoms with E-state index in [1.54, 1.807) is 6.07 Å². The number of halogens is 1. The van der Waals surface area contributed by atoms with E-state index in [-0.39, 0.29) is 12.0 Å². The van der Waals surface area contributed by atoms with Crippen LogP contribution < -0.4 is 4.90 Å². The predicted molar refractivity (Wildman–Crippen MR) is 88.2 cm³/mol. The average Bonchev–Trinajstić information content (AvgIpc) is 3.25. The maximum absolute atomic E-state index is 13.4. The molecule has 3 aromatic rings. The minimum atomic E-state index is -0.235. The van der Waals surface area contributed by atoms with Crippen LogP contribution in [0.25, 0.3) is 5.69 Å². The quantitative estimate of drug-likeness (QED) is 0.723. The number of para-hydroxylation sites is 1. The minimum absolute atomic E-state index is 0.104. The molecule has 2 aromatic carbocycles. The molecule has 1 fully saturated rings. The third-order valence-electron chi connectivity index (χ3n) is 4.09. The van der Waals surface area contributed by atoms with E-state index in [9.17, 15) is 4.39 Å². The summed E-state index contributed by atoms with van der Waals surface area (Å²) in [5.41, 5.74) is 3.02. The van der Waals surface area contributed by atoms with Gasteiger partial charge in [0.05, 0.1) is 6.61 Å². The van der Waals surface area contributed by atoms with Crippen molar-refractivity contribution in [3.63, 3.8) is 0 Å². The molecule has 0 amide bonds. The SMILES string of the molecule is Fc1cccc(-n2ccc(C3OCCN3c3ccccc3)c2)c1. The first-order valence-corrected chi connectivity index (χ1v) is 7.68. The van der Waals surface area contributed by atoms with Gasteiger partial charge in [-0.1, -0.05) is 24.3 Å². The van der Waals surface area contributed by atoms with Crippen molar-refractivity contribution in [1.82, 2.24) is 4.57 Å². The third kappa shape index (κ3) is 2.73. The maximum atomic E-state index is 13.4. The molecule has 0 bridgehead atoms. The van der Waals surface area contributed by atoms with E-state index in [0.29, 0.717) is 6.61 Å². The Morgan fingerprint density at radius 2 is 1.78 bits per heavy atom. The Morgan fingerprint density at radius 1 is 0.957 bits per heavy atom. The van der Waals surface area contributed by atoms with Gasteiger partial charge in [-0.2, -0.15) is 0 Å². The van der Waals surface area contributed by atoms with Crippen LogP contribution in [0.5, 0.6) is 0 Å². The molecule has 4 rings (SSSR count). The number of hydrogen-bond donors (Lipinski definition) is 0. The van der Waals surface area contributed by atoms with Gasteiger partial charge < -0.3 is 14.2 Å². The Balaban J connectivity index is 1.63. The Bertz CT molecular complexity index is 800. The van der Waals surface area contributed by atoms with Crippen molar-refractivity contribution in [1.29, 1.82) is 0 Å². The fourth-order valence-electron chi connectivity index (χ4n) is 2.99. The van der Waals surface area contributed by atoms with Crippen LogP contribution in [-0.2, 0) is 4.74 Å². The summed E-state index contributed by atoms with van der Waals surface area (Å²) in [6.07, 6.45) is 3.84. The highest BCUT2D eigenvalue weighted by Gasteiger charge is 2.27. The van der Waals surface area contributed by atoms with E-state index < -0.39 is 0 Å². The van der Waals surface area contributed by atoms with E-state index >= 15 is 0 Å². The van der Waals surface area contributed by atoms with Crippen molar-refractivity contribution in [3.8, 4) is 5.69 Å². The van der Waals surface area contributed by atoms with E-state index in [0.717, 1.165) is 23.5 Å². The normalized spacial score (nSPS) is 17.6. The van der Waals surface area contributed by atoms with Crippen LogP contribution in [0, 0.1) is 5.82 Å². The second-order valence-electron chi connectivity index (χ2n) is 5.58. The molecule has 3 nitrogen and oxygen atoms in total. The molecule has 1 aliphatic rings. The average molecular weight is 308 g/mol. The first-order valence-electron chi connectivity index (χ1n) is 7.68. The zero-order chi connectivity index (χ0) is 15.6. The lowest BCUT2D eigenvalue weighted by atomic mass is 10.2. The molecular formula is C19H17FN2O. The molecule has 1 aliphatic heterocycles. The number of aromatic nitrogens is 1. The molecule has 23 heavy (non-hydrogen) atoms. The van der Waals surface area contributed by atoms with Gasteiger partial charge in [0.2, 0.25) is 0 Å². The summed E-state index contributed by atoms with van der Waals surface area (Å²) >= 11 is 0. The Morgan fingerprint density at radius 3 is 2.61 bits per heavy atom. The van der Waals surface area contributed by atoms with Crippen LogP contribution in [0.4, 0.5) is 10.1 Å². The topological polar surface area (TPSA) is 17.4 Å². The van der Waals surface area contributed by atoms with E-state index in [4.69, 9.17) is 4.74 Å². The number of benzene rings is 2. The highest BCUT2D eigenvalue weighted by atomic mass is 19.1. The molecule has 1 unspecified atom stereocenters. The van der Waals surface area contributed by atoms with Gasteiger partial charge in [-0.25, -0.2) is 4.39 Å². The molecular weight excluding hydrogens is 291 g/mol. The van der Waals surface area contributed by atoms with Gasteiger partial charge in [0.15, 0.2) is 6.23 Å². The number of hydrogen-bond acceptors (Lipinski definition) is 2. The molecule has 2 heterocycles. The van der Waals surface area contributed by atoms with Crippen molar-refractivity contribution in [2.45, 2.75) is 6.23 Å².